The van der Waals surface area contributed by atoms with Gasteiger partial charge in [-0.3, -0.25) is 9.59 Å². The molecule has 0 radical (unpaired) electrons. The summed E-state index contributed by atoms with van der Waals surface area (Å²) in [6.07, 6.45) is 1.57. The summed E-state index contributed by atoms with van der Waals surface area (Å²) in [7, 11) is 0. The molecule has 5 heteroatoms. The number of halogens is 1. The van der Waals surface area contributed by atoms with Crippen LogP contribution in [-0.2, 0) is 10.2 Å². The van der Waals surface area contributed by atoms with E-state index in [1.165, 1.54) is 0 Å². The molecule has 3 rings (SSSR count). The van der Waals surface area contributed by atoms with E-state index in [0.717, 1.165) is 10.9 Å². The fraction of sp³-hybridized carbons (Fsp3) is 0.158. The molecule has 0 fully saturated rings. The van der Waals surface area contributed by atoms with Gasteiger partial charge in [0.1, 0.15) is 0 Å². The minimum atomic E-state index is -0.715. The van der Waals surface area contributed by atoms with Crippen LogP contribution in [0, 0.1) is 0 Å². The summed E-state index contributed by atoms with van der Waals surface area (Å²) >= 11 is 6.25. The number of fused-ring (bicyclic) bond motifs is 1. The Bertz CT molecular complexity index is 962. The van der Waals surface area contributed by atoms with Crippen molar-refractivity contribution >= 4 is 34.0 Å². The zero-order chi connectivity index (χ0) is 17.3. The van der Waals surface area contributed by atoms with Gasteiger partial charge in [0, 0.05) is 11.6 Å². The number of amides is 1. The minimum Gasteiger partial charge on any atom is -0.329 e. The Morgan fingerprint density at radius 2 is 1.83 bits per heavy atom. The first-order chi connectivity index (χ1) is 11.4. The number of benzene rings is 2. The molecule has 4 nitrogen and oxygen atoms in total. The molecule has 0 atom stereocenters. The minimum absolute atomic E-state index is 0.167. The van der Waals surface area contributed by atoms with Crippen LogP contribution in [0.3, 0.4) is 0 Å². The van der Waals surface area contributed by atoms with Crippen molar-refractivity contribution < 1.29 is 4.79 Å². The number of hydrogen-bond acceptors (Lipinski definition) is 2. The molecule has 0 saturated heterocycles. The molecule has 0 aliphatic rings. The number of aromatic nitrogens is 1. The van der Waals surface area contributed by atoms with Gasteiger partial charge in [0.15, 0.2) is 0 Å². The number of pyridine rings is 1. The van der Waals surface area contributed by atoms with Crippen LogP contribution in [0.4, 0.5) is 5.69 Å². The topological polar surface area (TPSA) is 62.0 Å². The molecule has 0 spiro atoms. The van der Waals surface area contributed by atoms with Crippen molar-refractivity contribution in [1.29, 1.82) is 0 Å². The fourth-order valence-corrected chi connectivity index (χ4v) is 2.78. The lowest BCUT2D eigenvalue weighted by Gasteiger charge is -2.24. The third-order valence-corrected chi connectivity index (χ3v) is 4.49. The molecular weight excluding hydrogens is 324 g/mol. The molecular formula is C19H17ClN2O2. The van der Waals surface area contributed by atoms with Gasteiger partial charge in [0.25, 0.3) is 5.56 Å². The van der Waals surface area contributed by atoms with Gasteiger partial charge in [-0.2, -0.15) is 0 Å². The molecule has 0 aliphatic heterocycles. The van der Waals surface area contributed by atoms with E-state index >= 15 is 0 Å². The van der Waals surface area contributed by atoms with E-state index in [4.69, 9.17) is 11.6 Å². The van der Waals surface area contributed by atoms with E-state index < -0.39 is 5.41 Å². The molecule has 0 bridgehead atoms. The molecule has 1 amide bonds. The van der Waals surface area contributed by atoms with Crippen LogP contribution in [0.15, 0.2) is 59.5 Å². The number of aromatic amines is 1. The molecule has 24 heavy (non-hydrogen) atoms. The molecule has 1 aromatic heterocycles. The summed E-state index contributed by atoms with van der Waals surface area (Å²) in [4.78, 5) is 27.2. The van der Waals surface area contributed by atoms with Crippen molar-refractivity contribution in [3.8, 4) is 0 Å². The van der Waals surface area contributed by atoms with Crippen LogP contribution in [0.1, 0.15) is 19.4 Å². The monoisotopic (exact) mass is 340 g/mol. The van der Waals surface area contributed by atoms with Gasteiger partial charge in [-0.1, -0.05) is 41.9 Å². The van der Waals surface area contributed by atoms with Crippen molar-refractivity contribution in [2.45, 2.75) is 19.3 Å². The summed E-state index contributed by atoms with van der Waals surface area (Å²) in [5, 5.41) is 4.41. The largest absolute Gasteiger partial charge is 0.329 e. The van der Waals surface area contributed by atoms with Gasteiger partial charge < -0.3 is 10.3 Å². The number of rotatable bonds is 3. The average molecular weight is 341 g/mol. The lowest BCUT2D eigenvalue weighted by atomic mass is 9.83. The summed E-state index contributed by atoms with van der Waals surface area (Å²) in [5.74, 6) is -0.167. The molecule has 122 valence electrons. The Morgan fingerprint density at radius 3 is 2.54 bits per heavy atom. The Morgan fingerprint density at radius 1 is 1.12 bits per heavy atom. The average Bonchev–Trinajstić information content (AvgIpc) is 2.57. The zero-order valence-corrected chi connectivity index (χ0v) is 14.1. The highest BCUT2D eigenvalue weighted by atomic mass is 35.5. The second-order valence-corrected chi connectivity index (χ2v) is 6.58. The number of carbonyl (C=O) groups is 1. The van der Waals surface area contributed by atoms with Crippen LogP contribution in [-0.4, -0.2) is 10.9 Å². The van der Waals surface area contributed by atoms with Crippen LogP contribution >= 0.6 is 11.6 Å². The van der Waals surface area contributed by atoms with Gasteiger partial charge in [-0.25, -0.2) is 0 Å². The van der Waals surface area contributed by atoms with Crippen LogP contribution in [0.2, 0.25) is 5.02 Å². The van der Waals surface area contributed by atoms with E-state index in [-0.39, 0.29) is 11.5 Å². The molecule has 2 aromatic carbocycles. The molecule has 1 heterocycles. The van der Waals surface area contributed by atoms with Gasteiger partial charge in [-0.05, 0) is 43.0 Å². The molecule has 0 saturated carbocycles. The SMILES string of the molecule is CC(C)(C(=O)Nc1cc2cc[nH]c(=O)c2cc1Cl)c1ccccc1. The Hall–Kier alpha value is -2.59. The highest BCUT2D eigenvalue weighted by Crippen LogP contribution is 2.30. The maximum atomic E-state index is 12.8. The van der Waals surface area contributed by atoms with E-state index in [1.54, 1.807) is 24.4 Å². The number of nitrogens with one attached hydrogen (secondary N) is 2. The van der Waals surface area contributed by atoms with Crippen LogP contribution in [0.5, 0.6) is 0 Å². The lowest BCUT2D eigenvalue weighted by molar-refractivity contribution is -0.120. The normalized spacial score (nSPS) is 11.5. The van der Waals surface area contributed by atoms with Crippen molar-refractivity contribution in [1.82, 2.24) is 4.98 Å². The maximum absolute atomic E-state index is 12.8. The third kappa shape index (κ3) is 2.93. The van der Waals surface area contributed by atoms with Crippen LogP contribution < -0.4 is 10.9 Å². The molecule has 0 aliphatic carbocycles. The maximum Gasteiger partial charge on any atom is 0.255 e. The quantitative estimate of drug-likeness (QED) is 0.754. The first-order valence-electron chi connectivity index (χ1n) is 7.57. The number of hydrogen-bond donors (Lipinski definition) is 2. The van der Waals surface area contributed by atoms with Gasteiger partial charge in [0.05, 0.1) is 16.1 Å². The zero-order valence-electron chi connectivity index (χ0n) is 13.4. The van der Waals surface area contributed by atoms with Crippen molar-refractivity contribution in [2.75, 3.05) is 5.32 Å². The fourth-order valence-electron chi connectivity index (χ4n) is 2.57. The molecule has 3 aromatic rings. The van der Waals surface area contributed by atoms with Gasteiger partial charge in [0.2, 0.25) is 5.91 Å². The number of H-pyrrole nitrogens is 1. The first-order valence-corrected chi connectivity index (χ1v) is 7.95. The highest BCUT2D eigenvalue weighted by Gasteiger charge is 2.30. The summed E-state index contributed by atoms with van der Waals surface area (Å²) < 4.78 is 0. The van der Waals surface area contributed by atoms with Crippen molar-refractivity contribution in [3.05, 3.63) is 75.7 Å². The summed E-state index contributed by atoms with van der Waals surface area (Å²) in [6, 6.07) is 14.6. The van der Waals surface area contributed by atoms with E-state index in [2.05, 4.69) is 10.3 Å². The van der Waals surface area contributed by atoms with Crippen LogP contribution in [0.25, 0.3) is 10.8 Å². The Labute approximate surface area is 144 Å². The molecule has 2 N–H and O–H groups in total. The van der Waals surface area contributed by atoms with E-state index in [9.17, 15) is 9.59 Å². The van der Waals surface area contributed by atoms with Crippen molar-refractivity contribution in [3.63, 3.8) is 0 Å². The summed E-state index contributed by atoms with van der Waals surface area (Å²) in [5.41, 5.74) is 0.477. The number of carbonyl (C=O) groups excluding carboxylic acids is 1. The van der Waals surface area contributed by atoms with E-state index in [0.29, 0.717) is 16.1 Å². The Balaban J connectivity index is 1.96. The van der Waals surface area contributed by atoms with Crippen molar-refractivity contribution in [2.24, 2.45) is 0 Å². The second-order valence-electron chi connectivity index (χ2n) is 6.17. The summed E-state index contributed by atoms with van der Waals surface area (Å²) in [6.45, 7) is 3.72. The van der Waals surface area contributed by atoms with E-state index in [1.807, 2.05) is 44.2 Å². The second kappa shape index (κ2) is 6.13. The van der Waals surface area contributed by atoms with Gasteiger partial charge >= 0.3 is 0 Å². The predicted octanol–water partition coefficient (Wildman–Crippen LogP) is 4.10. The smallest absolute Gasteiger partial charge is 0.255 e. The highest BCUT2D eigenvalue weighted by molar-refractivity contribution is 6.34. The standard InChI is InChI=1S/C19H17ClN2O2/c1-19(2,13-6-4-3-5-7-13)18(24)22-16-10-12-8-9-21-17(23)14(12)11-15(16)20/h3-11H,1-2H3,(H,21,23)(H,22,24). The lowest BCUT2D eigenvalue weighted by Crippen LogP contribution is -2.34. The van der Waals surface area contributed by atoms with Gasteiger partial charge in [-0.15, -0.1) is 0 Å². The predicted molar refractivity (Wildman–Crippen MR) is 97.7 cm³/mol. The third-order valence-electron chi connectivity index (χ3n) is 4.17. The number of anilines is 1. The molecule has 0 unspecified atom stereocenters. The Kier molecular flexibility index (Phi) is 4.16. The first kappa shape index (κ1) is 16.3.